The van der Waals surface area contributed by atoms with E-state index in [4.69, 9.17) is 4.74 Å². The maximum Gasteiger partial charge on any atom is 0.0465 e. The first-order chi connectivity index (χ1) is 5.34. The molecule has 2 heteroatoms. The lowest BCUT2D eigenvalue weighted by Crippen LogP contribution is -2.35. The molecule has 1 unspecified atom stereocenters. The van der Waals surface area contributed by atoms with Crippen LogP contribution in [0.5, 0.6) is 0 Å². The summed E-state index contributed by atoms with van der Waals surface area (Å²) in [5.41, 5.74) is 0. The van der Waals surface area contributed by atoms with Crippen molar-refractivity contribution in [1.29, 1.82) is 0 Å². The fraction of sp³-hybridized carbons (Fsp3) is 1.00. The lowest BCUT2D eigenvalue weighted by Gasteiger charge is -2.29. The summed E-state index contributed by atoms with van der Waals surface area (Å²) in [6, 6.07) is 0. The van der Waals surface area contributed by atoms with Gasteiger partial charge in [0.1, 0.15) is 0 Å². The van der Waals surface area contributed by atoms with Crippen LogP contribution in [-0.4, -0.2) is 26.8 Å². The standard InChI is InChI=1S/C9H19NO/c1-8-7-10-5-3-9(8)4-6-11-2/h8-10H,3-7H2,1-2H3/t8-,9?/m0/s1. The normalized spacial score (nSPS) is 32.2. The van der Waals surface area contributed by atoms with Crippen molar-refractivity contribution in [2.45, 2.75) is 19.8 Å². The molecule has 1 fully saturated rings. The lowest BCUT2D eigenvalue weighted by molar-refractivity contribution is 0.149. The van der Waals surface area contributed by atoms with Gasteiger partial charge in [-0.05, 0) is 37.8 Å². The molecule has 0 amide bonds. The first-order valence-corrected chi connectivity index (χ1v) is 4.54. The van der Waals surface area contributed by atoms with Crippen molar-refractivity contribution >= 4 is 0 Å². The monoisotopic (exact) mass is 157 g/mol. The Labute approximate surface area is 69.3 Å². The Bertz CT molecular complexity index is 106. The van der Waals surface area contributed by atoms with E-state index in [0.29, 0.717) is 0 Å². The van der Waals surface area contributed by atoms with Gasteiger partial charge in [0.2, 0.25) is 0 Å². The lowest BCUT2D eigenvalue weighted by atomic mass is 9.86. The largest absolute Gasteiger partial charge is 0.385 e. The van der Waals surface area contributed by atoms with E-state index in [-0.39, 0.29) is 0 Å². The summed E-state index contributed by atoms with van der Waals surface area (Å²) < 4.78 is 5.07. The summed E-state index contributed by atoms with van der Waals surface area (Å²) >= 11 is 0. The van der Waals surface area contributed by atoms with Gasteiger partial charge < -0.3 is 10.1 Å². The molecular formula is C9H19NO. The predicted octanol–water partition coefficient (Wildman–Crippen LogP) is 1.27. The Balaban J connectivity index is 2.18. The molecule has 1 rings (SSSR count). The molecule has 2 atom stereocenters. The van der Waals surface area contributed by atoms with Gasteiger partial charge >= 0.3 is 0 Å². The SMILES string of the molecule is COCCC1CCNC[C@@H]1C. The van der Waals surface area contributed by atoms with Gasteiger partial charge in [0, 0.05) is 13.7 Å². The van der Waals surface area contributed by atoms with E-state index in [1.54, 1.807) is 7.11 Å². The van der Waals surface area contributed by atoms with Crippen LogP contribution in [0, 0.1) is 11.8 Å². The predicted molar refractivity (Wildman–Crippen MR) is 46.6 cm³/mol. The summed E-state index contributed by atoms with van der Waals surface area (Å²) in [5, 5.41) is 3.40. The van der Waals surface area contributed by atoms with E-state index in [1.807, 2.05) is 0 Å². The molecule has 66 valence electrons. The van der Waals surface area contributed by atoms with Gasteiger partial charge in [-0.3, -0.25) is 0 Å². The molecule has 0 spiro atoms. The second-order valence-corrected chi connectivity index (χ2v) is 3.51. The minimum Gasteiger partial charge on any atom is -0.385 e. The topological polar surface area (TPSA) is 21.3 Å². The van der Waals surface area contributed by atoms with Crippen LogP contribution in [0.1, 0.15) is 19.8 Å². The van der Waals surface area contributed by atoms with Crippen molar-refractivity contribution in [1.82, 2.24) is 5.32 Å². The van der Waals surface area contributed by atoms with Crippen LogP contribution in [0.15, 0.2) is 0 Å². The Morgan fingerprint density at radius 2 is 2.36 bits per heavy atom. The van der Waals surface area contributed by atoms with Crippen LogP contribution in [0.3, 0.4) is 0 Å². The Kier molecular flexibility index (Phi) is 3.87. The number of hydrogen-bond acceptors (Lipinski definition) is 2. The van der Waals surface area contributed by atoms with Crippen LogP contribution < -0.4 is 5.32 Å². The zero-order valence-corrected chi connectivity index (χ0v) is 7.60. The molecule has 0 aromatic rings. The Hall–Kier alpha value is -0.0800. The van der Waals surface area contributed by atoms with Crippen LogP contribution in [0.4, 0.5) is 0 Å². The summed E-state index contributed by atoms with van der Waals surface area (Å²) in [7, 11) is 1.78. The molecule has 0 radical (unpaired) electrons. The molecule has 11 heavy (non-hydrogen) atoms. The second kappa shape index (κ2) is 4.73. The molecule has 1 saturated heterocycles. The van der Waals surface area contributed by atoms with Gasteiger partial charge in [-0.15, -0.1) is 0 Å². The average Bonchev–Trinajstić information content (AvgIpc) is 2.03. The molecule has 1 N–H and O–H groups in total. The number of ether oxygens (including phenoxy) is 1. The third kappa shape index (κ3) is 2.80. The highest BCUT2D eigenvalue weighted by molar-refractivity contribution is 4.74. The van der Waals surface area contributed by atoms with E-state index in [9.17, 15) is 0 Å². The second-order valence-electron chi connectivity index (χ2n) is 3.51. The van der Waals surface area contributed by atoms with E-state index in [1.165, 1.54) is 25.9 Å². The number of nitrogens with one attached hydrogen (secondary N) is 1. The van der Waals surface area contributed by atoms with Crippen LogP contribution >= 0.6 is 0 Å². The van der Waals surface area contributed by atoms with Crippen molar-refractivity contribution in [3.63, 3.8) is 0 Å². The van der Waals surface area contributed by atoms with E-state index < -0.39 is 0 Å². The summed E-state index contributed by atoms with van der Waals surface area (Å²) in [4.78, 5) is 0. The van der Waals surface area contributed by atoms with Gasteiger partial charge in [-0.1, -0.05) is 6.92 Å². The maximum absolute atomic E-state index is 5.07. The summed E-state index contributed by atoms with van der Waals surface area (Å²) in [5.74, 6) is 1.72. The van der Waals surface area contributed by atoms with E-state index in [0.717, 1.165) is 18.4 Å². The van der Waals surface area contributed by atoms with Gasteiger partial charge in [0.15, 0.2) is 0 Å². The van der Waals surface area contributed by atoms with Crippen molar-refractivity contribution < 1.29 is 4.74 Å². The Morgan fingerprint density at radius 3 is 3.00 bits per heavy atom. The third-order valence-corrected chi connectivity index (χ3v) is 2.66. The molecule has 2 nitrogen and oxygen atoms in total. The van der Waals surface area contributed by atoms with E-state index in [2.05, 4.69) is 12.2 Å². The molecule has 1 aliphatic heterocycles. The first-order valence-electron chi connectivity index (χ1n) is 4.54. The molecule has 0 aromatic heterocycles. The van der Waals surface area contributed by atoms with Gasteiger partial charge in [-0.2, -0.15) is 0 Å². The number of rotatable bonds is 3. The molecule has 0 aliphatic carbocycles. The number of methoxy groups -OCH3 is 1. The quantitative estimate of drug-likeness (QED) is 0.666. The average molecular weight is 157 g/mol. The van der Waals surface area contributed by atoms with E-state index >= 15 is 0 Å². The third-order valence-electron chi connectivity index (χ3n) is 2.66. The molecule has 0 aromatic carbocycles. The zero-order valence-electron chi connectivity index (χ0n) is 7.60. The van der Waals surface area contributed by atoms with Crippen LogP contribution in [0.2, 0.25) is 0 Å². The van der Waals surface area contributed by atoms with Crippen LogP contribution in [-0.2, 0) is 4.74 Å². The van der Waals surface area contributed by atoms with Gasteiger partial charge in [0.25, 0.3) is 0 Å². The number of hydrogen-bond donors (Lipinski definition) is 1. The van der Waals surface area contributed by atoms with Gasteiger partial charge in [0.05, 0.1) is 0 Å². The van der Waals surface area contributed by atoms with Crippen molar-refractivity contribution in [3.8, 4) is 0 Å². The summed E-state index contributed by atoms with van der Waals surface area (Å²) in [6.07, 6.45) is 2.56. The van der Waals surface area contributed by atoms with Gasteiger partial charge in [-0.25, -0.2) is 0 Å². The fourth-order valence-corrected chi connectivity index (χ4v) is 1.77. The molecule has 0 saturated carbocycles. The summed E-state index contributed by atoms with van der Waals surface area (Å²) in [6.45, 7) is 5.63. The highest BCUT2D eigenvalue weighted by Crippen LogP contribution is 2.21. The molecular weight excluding hydrogens is 138 g/mol. The molecule has 1 aliphatic rings. The van der Waals surface area contributed by atoms with Crippen molar-refractivity contribution in [2.24, 2.45) is 11.8 Å². The van der Waals surface area contributed by atoms with Crippen molar-refractivity contribution in [2.75, 3.05) is 26.8 Å². The minimum absolute atomic E-state index is 0.832. The van der Waals surface area contributed by atoms with Crippen LogP contribution in [0.25, 0.3) is 0 Å². The zero-order chi connectivity index (χ0) is 8.10. The number of piperidine rings is 1. The molecule has 0 bridgehead atoms. The smallest absolute Gasteiger partial charge is 0.0465 e. The van der Waals surface area contributed by atoms with Crippen molar-refractivity contribution in [3.05, 3.63) is 0 Å². The molecule has 1 heterocycles. The highest BCUT2D eigenvalue weighted by Gasteiger charge is 2.19. The Morgan fingerprint density at radius 1 is 1.55 bits per heavy atom. The minimum atomic E-state index is 0.832. The first kappa shape index (κ1) is 9.01. The maximum atomic E-state index is 5.07. The fourth-order valence-electron chi connectivity index (χ4n) is 1.77. The highest BCUT2D eigenvalue weighted by atomic mass is 16.5.